The van der Waals surface area contributed by atoms with Crippen LogP contribution in [0, 0.1) is 11.8 Å². The maximum Gasteiger partial charge on any atom is 0.0357 e. The SMILES string of the molecule is C=C(C)NC1C2CCC(C2)C1c1ccccc1. The summed E-state index contributed by atoms with van der Waals surface area (Å²) in [4.78, 5) is 0. The summed E-state index contributed by atoms with van der Waals surface area (Å²) in [6.45, 7) is 6.10. The van der Waals surface area contributed by atoms with E-state index in [1.807, 2.05) is 0 Å². The van der Waals surface area contributed by atoms with Crippen molar-refractivity contribution < 1.29 is 0 Å². The Morgan fingerprint density at radius 3 is 2.59 bits per heavy atom. The van der Waals surface area contributed by atoms with Crippen LogP contribution in [0.15, 0.2) is 42.6 Å². The van der Waals surface area contributed by atoms with Crippen molar-refractivity contribution in [2.45, 2.75) is 38.1 Å². The minimum Gasteiger partial charge on any atom is -0.385 e. The Morgan fingerprint density at radius 2 is 1.88 bits per heavy atom. The molecule has 0 radical (unpaired) electrons. The monoisotopic (exact) mass is 227 g/mol. The van der Waals surface area contributed by atoms with Gasteiger partial charge < -0.3 is 5.32 Å². The smallest absolute Gasteiger partial charge is 0.0357 e. The van der Waals surface area contributed by atoms with E-state index in [1.165, 1.54) is 24.8 Å². The van der Waals surface area contributed by atoms with Gasteiger partial charge in [0.15, 0.2) is 0 Å². The summed E-state index contributed by atoms with van der Waals surface area (Å²) in [5, 5.41) is 3.63. The van der Waals surface area contributed by atoms with Crippen LogP contribution in [0.2, 0.25) is 0 Å². The highest BCUT2D eigenvalue weighted by atomic mass is 15.0. The molecule has 0 aliphatic heterocycles. The molecule has 1 N–H and O–H groups in total. The normalized spacial score (nSPS) is 34.9. The summed E-state index contributed by atoms with van der Waals surface area (Å²) in [6.07, 6.45) is 4.22. The number of fused-ring (bicyclic) bond motifs is 2. The lowest BCUT2D eigenvalue weighted by Gasteiger charge is -2.33. The standard InChI is InChI=1S/C16H21N/c1-11(2)17-16-14-9-8-13(10-14)15(16)12-6-4-3-5-7-12/h3-7,13-17H,1,8-10H2,2H3. The summed E-state index contributed by atoms with van der Waals surface area (Å²) >= 11 is 0. The van der Waals surface area contributed by atoms with Gasteiger partial charge in [0.2, 0.25) is 0 Å². The molecule has 2 bridgehead atoms. The van der Waals surface area contributed by atoms with Crippen LogP contribution in [0.25, 0.3) is 0 Å². The van der Waals surface area contributed by atoms with Crippen LogP contribution in [0.3, 0.4) is 0 Å². The highest BCUT2D eigenvalue weighted by molar-refractivity contribution is 5.26. The molecule has 0 spiro atoms. The van der Waals surface area contributed by atoms with Crippen molar-refractivity contribution in [1.29, 1.82) is 0 Å². The summed E-state index contributed by atoms with van der Waals surface area (Å²) < 4.78 is 0. The van der Waals surface area contributed by atoms with Gasteiger partial charge in [0.05, 0.1) is 0 Å². The molecule has 0 amide bonds. The lowest BCUT2D eigenvalue weighted by Crippen LogP contribution is -2.38. The van der Waals surface area contributed by atoms with E-state index in [1.54, 1.807) is 0 Å². The number of benzene rings is 1. The highest BCUT2D eigenvalue weighted by Crippen LogP contribution is 2.53. The maximum atomic E-state index is 4.02. The van der Waals surface area contributed by atoms with Crippen molar-refractivity contribution in [3.8, 4) is 0 Å². The van der Waals surface area contributed by atoms with Gasteiger partial charge in [0.1, 0.15) is 0 Å². The Hall–Kier alpha value is -1.24. The Balaban J connectivity index is 1.88. The molecule has 90 valence electrons. The molecule has 3 rings (SSSR count). The van der Waals surface area contributed by atoms with Crippen molar-refractivity contribution in [1.82, 2.24) is 5.32 Å². The molecule has 17 heavy (non-hydrogen) atoms. The quantitative estimate of drug-likeness (QED) is 0.830. The number of rotatable bonds is 3. The predicted molar refractivity (Wildman–Crippen MR) is 71.8 cm³/mol. The second-order valence-electron chi connectivity index (χ2n) is 5.72. The Kier molecular flexibility index (Phi) is 2.70. The fourth-order valence-electron chi connectivity index (χ4n) is 3.94. The molecule has 2 fully saturated rings. The largest absolute Gasteiger partial charge is 0.385 e. The zero-order valence-corrected chi connectivity index (χ0v) is 10.5. The van der Waals surface area contributed by atoms with Crippen LogP contribution < -0.4 is 5.32 Å². The van der Waals surface area contributed by atoms with Crippen molar-refractivity contribution in [3.05, 3.63) is 48.2 Å². The van der Waals surface area contributed by atoms with Gasteiger partial charge >= 0.3 is 0 Å². The molecule has 1 nitrogen and oxygen atoms in total. The van der Waals surface area contributed by atoms with E-state index in [0.29, 0.717) is 12.0 Å². The molecule has 1 aromatic carbocycles. The third kappa shape index (κ3) is 1.88. The molecule has 1 heteroatoms. The number of hydrogen-bond donors (Lipinski definition) is 1. The molecule has 0 saturated heterocycles. The van der Waals surface area contributed by atoms with Gasteiger partial charge in [-0.05, 0) is 43.6 Å². The molecule has 0 heterocycles. The van der Waals surface area contributed by atoms with Gasteiger partial charge in [0, 0.05) is 17.7 Å². The van der Waals surface area contributed by atoms with E-state index >= 15 is 0 Å². The van der Waals surface area contributed by atoms with Crippen LogP contribution in [0.1, 0.15) is 37.7 Å². The molecule has 4 unspecified atom stereocenters. The van der Waals surface area contributed by atoms with Gasteiger partial charge in [-0.3, -0.25) is 0 Å². The molecule has 2 aliphatic rings. The van der Waals surface area contributed by atoms with Crippen molar-refractivity contribution in [2.75, 3.05) is 0 Å². The first-order valence-corrected chi connectivity index (χ1v) is 6.72. The molecule has 2 aliphatic carbocycles. The third-order valence-electron chi connectivity index (χ3n) is 4.51. The van der Waals surface area contributed by atoms with Gasteiger partial charge in [0.25, 0.3) is 0 Å². The summed E-state index contributed by atoms with van der Waals surface area (Å²) in [6, 6.07) is 11.6. The number of nitrogens with one attached hydrogen (secondary N) is 1. The zero-order valence-electron chi connectivity index (χ0n) is 10.5. The van der Waals surface area contributed by atoms with E-state index in [4.69, 9.17) is 0 Å². The molecule has 1 aromatic rings. The minimum atomic E-state index is 0.619. The molecule has 4 atom stereocenters. The zero-order chi connectivity index (χ0) is 11.8. The van der Waals surface area contributed by atoms with Gasteiger partial charge in [-0.2, -0.15) is 0 Å². The number of allylic oxidation sites excluding steroid dienone is 1. The Morgan fingerprint density at radius 1 is 1.18 bits per heavy atom. The average Bonchev–Trinajstić information content (AvgIpc) is 2.90. The van der Waals surface area contributed by atoms with E-state index in [0.717, 1.165) is 17.5 Å². The second kappa shape index (κ2) is 4.21. The fraction of sp³-hybridized carbons (Fsp3) is 0.500. The van der Waals surface area contributed by atoms with E-state index in [-0.39, 0.29) is 0 Å². The van der Waals surface area contributed by atoms with Crippen LogP contribution in [-0.4, -0.2) is 6.04 Å². The number of hydrogen-bond acceptors (Lipinski definition) is 1. The Labute approximate surface area is 104 Å². The summed E-state index contributed by atoms with van der Waals surface area (Å²) in [5.41, 5.74) is 2.63. The van der Waals surface area contributed by atoms with Gasteiger partial charge in [-0.15, -0.1) is 0 Å². The third-order valence-corrected chi connectivity index (χ3v) is 4.51. The van der Waals surface area contributed by atoms with Crippen LogP contribution in [0.5, 0.6) is 0 Å². The van der Waals surface area contributed by atoms with E-state index < -0.39 is 0 Å². The fourth-order valence-corrected chi connectivity index (χ4v) is 3.94. The minimum absolute atomic E-state index is 0.619. The van der Waals surface area contributed by atoms with Crippen LogP contribution in [-0.2, 0) is 0 Å². The van der Waals surface area contributed by atoms with Crippen molar-refractivity contribution in [3.63, 3.8) is 0 Å². The highest BCUT2D eigenvalue weighted by Gasteiger charge is 2.47. The van der Waals surface area contributed by atoms with Gasteiger partial charge in [-0.25, -0.2) is 0 Å². The van der Waals surface area contributed by atoms with E-state index in [2.05, 4.69) is 49.2 Å². The molecular weight excluding hydrogens is 206 g/mol. The average molecular weight is 227 g/mol. The molecule has 2 saturated carbocycles. The first-order chi connectivity index (χ1) is 8.25. The van der Waals surface area contributed by atoms with Crippen LogP contribution >= 0.6 is 0 Å². The predicted octanol–water partition coefficient (Wildman–Crippen LogP) is 3.69. The summed E-state index contributed by atoms with van der Waals surface area (Å²) in [7, 11) is 0. The molecular formula is C16H21N. The first-order valence-electron chi connectivity index (χ1n) is 6.72. The summed E-state index contributed by atoms with van der Waals surface area (Å²) in [5.74, 6) is 2.45. The van der Waals surface area contributed by atoms with E-state index in [9.17, 15) is 0 Å². The maximum absolute atomic E-state index is 4.02. The van der Waals surface area contributed by atoms with Crippen molar-refractivity contribution >= 4 is 0 Å². The lowest BCUT2D eigenvalue weighted by molar-refractivity contribution is 0.328. The second-order valence-corrected chi connectivity index (χ2v) is 5.72. The molecule has 0 aromatic heterocycles. The topological polar surface area (TPSA) is 12.0 Å². The van der Waals surface area contributed by atoms with Crippen molar-refractivity contribution in [2.24, 2.45) is 11.8 Å². The van der Waals surface area contributed by atoms with Crippen LogP contribution in [0.4, 0.5) is 0 Å². The van der Waals surface area contributed by atoms with Gasteiger partial charge in [-0.1, -0.05) is 36.9 Å². The Bertz CT molecular complexity index is 409. The first kappa shape index (κ1) is 10.9. The lowest BCUT2D eigenvalue weighted by atomic mass is 9.79.